The molecule has 0 saturated carbocycles. The number of halogens is 3. The van der Waals surface area contributed by atoms with Crippen molar-refractivity contribution in [3.63, 3.8) is 0 Å². The van der Waals surface area contributed by atoms with Gasteiger partial charge in [-0.25, -0.2) is 13.1 Å². The van der Waals surface area contributed by atoms with Gasteiger partial charge in [0, 0.05) is 12.6 Å². The number of hydrogen-bond acceptors (Lipinski definition) is 3. The lowest BCUT2D eigenvalue weighted by molar-refractivity contribution is -0.106. The summed E-state index contributed by atoms with van der Waals surface area (Å²) in [6, 6.07) is -0.0481. The zero-order valence-electron chi connectivity index (χ0n) is 7.97. The van der Waals surface area contributed by atoms with Crippen molar-refractivity contribution in [3.8, 4) is 0 Å². The van der Waals surface area contributed by atoms with Crippen molar-refractivity contribution in [2.45, 2.75) is 25.1 Å². The molecular weight excluding hydrogens is 233 g/mol. The minimum absolute atomic E-state index is 0.0262. The molecule has 1 rings (SSSR count). The van der Waals surface area contributed by atoms with Crippen LogP contribution in [0.1, 0.15) is 12.8 Å². The molecule has 0 spiro atoms. The SMILES string of the molecule is O=S(=O)(CC(F)(F)F)NC[C@@H]1CCCN1. The first-order valence-electron chi connectivity index (χ1n) is 4.56. The molecule has 1 saturated heterocycles. The van der Waals surface area contributed by atoms with Crippen molar-refractivity contribution in [1.82, 2.24) is 10.0 Å². The van der Waals surface area contributed by atoms with E-state index in [1.807, 2.05) is 4.72 Å². The Balaban J connectivity index is 2.36. The highest BCUT2D eigenvalue weighted by Gasteiger charge is 2.35. The molecule has 1 atom stereocenters. The molecule has 0 amide bonds. The van der Waals surface area contributed by atoms with Gasteiger partial charge in [0.15, 0.2) is 5.75 Å². The van der Waals surface area contributed by atoms with Crippen LogP contribution < -0.4 is 10.0 Å². The predicted molar refractivity (Wildman–Crippen MR) is 48.9 cm³/mol. The number of sulfonamides is 1. The monoisotopic (exact) mass is 246 g/mol. The van der Waals surface area contributed by atoms with Crippen LogP contribution in [0.3, 0.4) is 0 Å². The fourth-order valence-electron chi connectivity index (χ4n) is 1.42. The Kier molecular flexibility index (Phi) is 3.96. The van der Waals surface area contributed by atoms with Gasteiger partial charge in [0.25, 0.3) is 0 Å². The Labute approximate surface area is 86.3 Å². The molecule has 1 heterocycles. The van der Waals surface area contributed by atoms with Crippen LogP contribution in [0.15, 0.2) is 0 Å². The molecular formula is C7H13F3N2O2S. The van der Waals surface area contributed by atoms with Gasteiger partial charge in [-0.2, -0.15) is 13.2 Å². The molecule has 8 heteroatoms. The summed E-state index contributed by atoms with van der Waals surface area (Å²) in [6.07, 6.45) is -2.98. The second kappa shape index (κ2) is 4.67. The normalized spacial score (nSPS) is 23.3. The van der Waals surface area contributed by atoms with Gasteiger partial charge in [-0.15, -0.1) is 0 Å². The minimum atomic E-state index is -4.69. The maximum absolute atomic E-state index is 11.8. The number of rotatable bonds is 4. The van der Waals surface area contributed by atoms with Gasteiger partial charge in [-0.05, 0) is 19.4 Å². The lowest BCUT2D eigenvalue weighted by atomic mass is 10.2. The number of nitrogens with one attached hydrogen (secondary N) is 2. The summed E-state index contributed by atoms with van der Waals surface area (Å²) >= 11 is 0. The average Bonchev–Trinajstić information content (AvgIpc) is 2.47. The van der Waals surface area contributed by atoms with Crippen LogP contribution in [0.5, 0.6) is 0 Å². The Morgan fingerprint density at radius 3 is 2.53 bits per heavy atom. The zero-order valence-corrected chi connectivity index (χ0v) is 8.79. The summed E-state index contributed by atoms with van der Waals surface area (Å²) in [6.45, 7) is 0.810. The third-order valence-electron chi connectivity index (χ3n) is 2.07. The van der Waals surface area contributed by atoms with E-state index in [9.17, 15) is 21.6 Å². The summed E-state index contributed by atoms with van der Waals surface area (Å²) in [7, 11) is -4.24. The molecule has 1 fully saturated rings. The maximum atomic E-state index is 11.8. The summed E-state index contributed by atoms with van der Waals surface area (Å²) < 4.78 is 59.3. The van der Waals surface area contributed by atoms with Crippen LogP contribution >= 0.6 is 0 Å². The Morgan fingerprint density at radius 1 is 1.40 bits per heavy atom. The first kappa shape index (κ1) is 12.7. The van der Waals surface area contributed by atoms with E-state index in [0.717, 1.165) is 19.4 Å². The fraction of sp³-hybridized carbons (Fsp3) is 1.00. The predicted octanol–water partition coefficient (Wildman–Crippen LogP) is 0.220. The van der Waals surface area contributed by atoms with Crippen LogP contribution in [0, 0.1) is 0 Å². The van der Waals surface area contributed by atoms with Crippen molar-refractivity contribution in [3.05, 3.63) is 0 Å². The number of hydrogen-bond donors (Lipinski definition) is 2. The van der Waals surface area contributed by atoms with Gasteiger partial charge < -0.3 is 5.32 Å². The Morgan fingerprint density at radius 2 is 2.07 bits per heavy atom. The first-order chi connectivity index (χ1) is 6.79. The molecule has 2 N–H and O–H groups in total. The van der Waals surface area contributed by atoms with Gasteiger partial charge in [0.1, 0.15) is 0 Å². The van der Waals surface area contributed by atoms with E-state index in [4.69, 9.17) is 0 Å². The molecule has 1 aliphatic rings. The number of alkyl halides is 3. The van der Waals surface area contributed by atoms with Crippen molar-refractivity contribution in [2.24, 2.45) is 0 Å². The van der Waals surface area contributed by atoms with E-state index in [1.165, 1.54) is 0 Å². The van der Waals surface area contributed by atoms with E-state index in [2.05, 4.69) is 5.32 Å². The van der Waals surface area contributed by atoms with Gasteiger partial charge >= 0.3 is 6.18 Å². The second-order valence-electron chi connectivity index (χ2n) is 3.52. The lowest BCUT2D eigenvalue weighted by Gasteiger charge is -2.12. The third kappa shape index (κ3) is 5.33. The quantitative estimate of drug-likeness (QED) is 0.746. The van der Waals surface area contributed by atoms with Crippen LogP contribution in [-0.4, -0.2) is 39.5 Å². The van der Waals surface area contributed by atoms with Crippen molar-refractivity contribution >= 4 is 10.0 Å². The summed E-state index contributed by atoms with van der Waals surface area (Å²) in [5.41, 5.74) is 0. The van der Waals surface area contributed by atoms with Gasteiger partial charge in [-0.1, -0.05) is 0 Å². The standard InChI is InChI=1S/C7H13F3N2O2S/c8-7(9,10)5-15(13,14)12-4-6-2-1-3-11-6/h6,11-12H,1-5H2/t6-/m0/s1. The van der Waals surface area contributed by atoms with Crippen LogP contribution in [0.25, 0.3) is 0 Å². The molecule has 15 heavy (non-hydrogen) atoms. The smallest absolute Gasteiger partial charge is 0.313 e. The van der Waals surface area contributed by atoms with Crippen molar-refractivity contribution in [2.75, 3.05) is 18.8 Å². The molecule has 90 valence electrons. The zero-order chi connectivity index (χ0) is 11.5. The van der Waals surface area contributed by atoms with E-state index in [0.29, 0.717) is 0 Å². The molecule has 0 aromatic heterocycles. The molecule has 0 aliphatic carbocycles. The highest BCUT2D eigenvalue weighted by molar-refractivity contribution is 7.89. The molecule has 0 aromatic carbocycles. The Bertz CT molecular complexity index is 296. The molecule has 0 bridgehead atoms. The van der Waals surface area contributed by atoms with Gasteiger partial charge in [0.2, 0.25) is 10.0 Å². The second-order valence-corrected chi connectivity index (χ2v) is 5.32. The third-order valence-corrected chi connectivity index (χ3v) is 3.38. The minimum Gasteiger partial charge on any atom is -0.313 e. The topological polar surface area (TPSA) is 58.2 Å². The summed E-state index contributed by atoms with van der Waals surface area (Å²) in [5.74, 6) is -1.81. The van der Waals surface area contributed by atoms with Gasteiger partial charge in [-0.3, -0.25) is 0 Å². The highest BCUT2D eigenvalue weighted by atomic mass is 32.2. The fourth-order valence-corrected chi connectivity index (χ4v) is 2.41. The Hall–Kier alpha value is -0.340. The maximum Gasteiger partial charge on any atom is 0.404 e. The van der Waals surface area contributed by atoms with E-state index >= 15 is 0 Å². The van der Waals surface area contributed by atoms with Crippen molar-refractivity contribution in [1.29, 1.82) is 0 Å². The molecule has 0 aromatic rings. The van der Waals surface area contributed by atoms with E-state index < -0.39 is 22.0 Å². The van der Waals surface area contributed by atoms with E-state index in [1.54, 1.807) is 0 Å². The van der Waals surface area contributed by atoms with Crippen LogP contribution in [0.2, 0.25) is 0 Å². The lowest BCUT2D eigenvalue weighted by Crippen LogP contribution is -2.40. The highest BCUT2D eigenvalue weighted by Crippen LogP contribution is 2.16. The van der Waals surface area contributed by atoms with Crippen LogP contribution in [0.4, 0.5) is 13.2 Å². The molecule has 0 radical (unpaired) electrons. The van der Waals surface area contributed by atoms with Gasteiger partial charge in [0.05, 0.1) is 0 Å². The van der Waals surface area contributed by atoms with E-state index in [-0.39, 0.29) is 12.6 Å². The summed E-state index contributed by atoms with van der Waals surface area (Å²) in [5, 5.41) is 2.98. The summed E-state index contributed by atoms with van der Waals surface area (Å²) in [4.78, 5) is 0. The molecule has 4 nitrogen and oxygen atoms in total. The molecule has 1 aliphatic heterocycles. The molecule has 0 unspecified atom stereocenters. The average molecular weight is 246 g/mol. The first-order valence-corrected chi connectivity index (χ1v) is 6.21. The van der Waals surface area contributed by atoms with Crippen molar-refractivity contribution < 1.29 is 21.6 Å². The van der Waals surface area contributed by atoms with Crippen LogP contribution in [-0.2, 0) is 10.0 Å². The largest absolute Gasteiger partial charge is 0.404 e.